The van der Waals surface area contributed by atoms with Gasteiger partial charge in [0.2, 0.25) is 11.8 Å². The third kappa shape index (κ3) is 3.67. The van der Waals surface area contributed by atoms with E-state index in [0.717, 1.165) is 0 Å². The van der Waals surface area contributed by atoms with Crippen LogP contribution in [0.1, 0.15) is 10.4 Å². The van der Waals surface area contributed by atoms with Gasteiger partial charge in [-0.3, -0.25) is 10.1 Å². The summed E-state index contributed by atoms with van der Waals surface area (Å²) < 4.78 is 10.2. The number of carbonyl (C=O) groups excluding carboxylic acids is 1. The third-order valence-corrected chi connectivity index (χ3v) is 2.87. The van der Waals surface area contributed by atoms with Crippen LogP contribution in [0.15, 0.2) is 36.7 Å². The summed E-state index contributed by atoms with van der Waals surface area (Å²) in [7, 11) is 2.91. The van der Waals surface area contributed by atoms with Crippen molar-refractivity contribution in [3.05, 3.63) is 42.2 Å². The summed E-state index contributed by atoms with van der Waals surface area (Å²) in [5.41, 5.74) is 0.834. The average molecular weight is 318 g/mol. The van der Waals surface area contributed by atoms with Gasteiger partial charge in [-0.1, -0.05) is 18.2 Å². The summed E-state index contributed by atoms with van der Waals surface area (Å²) in [4.78, 5) is 19.9. The highest BCUT2D eigenvalue weighted by Crippen LogP contribution is 2.29. The van der Waals surface area contributed by atoms with E-state index in [-0.39, 0.29) is 22.8 Å². The van der Waals surface area contributed by atoms with Crippen LogP contribution in [-0.2, 0) is 0 Å². The normalized spacial score (nSPS) is 9.73. The van der Waals surface area contributed by atoms with Gasteiger partial charge < -0.3 is 14.8 Å². The smallest absolute Gasteiger partial charge is 0.257 e. The van der Waals surface area contributed by atoms with E-state index in [9.17, 15) is 4.79 Å². The Labute approximate surface area is 132 Å². The number of carbonyl (C=O) groups is 1. The van der Waals surface area contributed by atoms with Crippen molar-refractivity contribution in [2.45, 2.75) is 0 Å². The summed E-state index contributed by atoms with van der Waals surface area (Å²) in [6, 6.07) is 8.73. The number of nitrogens with zero attached hydrogens (tertiary/aromatic N) is 2. The van der Waals surface area contributed by atoms with Crippen LogP contribution in [0.3, 0.4) is 0 Å². The molecule has 8 heteroatoms. The topological polar surface area (TPSA) is 85.4 Å². The van der Waals surface area contributed by atoms with E-state index in [1.165, 1.54) is 20.5 Å². The van der Waals surface area contributed by atoms with Gasteiger partial charge in [-0.05, 0) is 24.4 Å². The number of benzene rings is 1. The van der Waals surface area contributed by atoms with Crippen LogP contribution in [0, 0.1) is 0 Å². The Morgan fingerprint density at radius 3 is 2.23 bits per heavy atom. The minimum absolute atomic E-state index is 0.0836. The van der Waals surface area contributed by atoms with Crippen LogP contribution in [0.25, 0.3) is 0 Å². The molecular formula is C14H14N4O3S. The summed E-state index contributed by atoms with van der Waals surface area (Å²) in [6.07, 6.45) is 1.30. The van der Waals surface area contributed by atoms with Crippen molar-refractivity contribution in [2.24, 2.45) is 0 Å². The first-order valence-corrected chi connectivity index (χ1v) is 6.67. The second kappa shape index (κ2) is 7.32. The van der Waals surface area contributed by atoms with Crippen LogP contribution < -0.4 is 20.1 Å². The van der Waals surface area contributed by atoms with Crippen molar-refractivity contribution >= 4 is 28.9 Å². The number of amides is 1. The maximum absolute atomic E-state index is 12.0. The highest BCUT2D eigenvalue weighted by atomic mass is 32.1. The molecule has 0 saturated heterocycles. The zero-order chi connectivity index (χ0) is 15.9. The van der Waals surface area contributed by atoms with Gasteiger partial charge in [0.25, 0.3) is 5.91 Å². The molecule has 2 rings (SSSR count). The van der Waals surface area contributed by atoms with E-state index >= 15 is 0 Å². The number of anilines is 1. The Morgan fingerprint density at radius 1 is 1.09 bits per heavy atom. The van der Waals surface area contributed by atoms with Gasteiger partial charge in [-0.2, -0.15) is 9.97 Å². The number of hydrogen-bond acceptors (Lipinski definition) is 6. The molecule has 0 saturated carbocycles. The molecule has 2 aromatic rings. The van der Waals surface area contributed by atoms with Gasteiger partial charge in [-0.15, -0.1) is 0 Å². The lowest BCUT2D eigenvalue weighted by Crippen LogP contribution is -2.34. The number of ether oxygens (including phenoxy) is 2. The summed E-state index contributed by atoms with van der Waals surface area (Å²) in [5, 5.41) is 5.45. The molecular weight excluding hydrogens is 304 g/mol. The molecule has 0 radical (unpaired) electrons. The molecule has 7 nitrogen and oxygen atoms in total. The summed E-state index contributed by atoms with van der Waals surface area (Å²) >= 11 is 5.12. The zero-order valence-electron chi connectivity index (χ0n) is 12.0. The number of nitrogens with one attached hydrogen (secondary N) is 2. The predicted octanol–water partition coefficient (Wildman–Crippen LogP) is 1.62. The molecule has 114 valence electrons. The Bertz CT molecular complexity index is 657. The van der Waals surface area contributed by atoms with Crippen LogP contribution in [0.4, 0.5) is 5.69 Å². The number of thiocarbonyl (C=S) groups is 1. The van der Waals surface area contributed by atoms with Gasteiger partial charge in [-0.25, -0.2) is 0 Å². The number of methoxy groups -OCH3 is 2. The van der Waals surface area contributed by atoms with E-state index in [1.54, 1.807) is 24.3 Å². The van der Waals surface area contributed by atoms with E-state index < -0.39 is 0 Å². The maximum atomic E-state index is 12.0. The fourth-order valence-electron chi connectivity index (χ4n) is 1.68. The lowest BCUT2D eigenvalue weighted by Gasteiger charge is -2.13. The molecule has 2 N–H and O–H groups in total. The van der Waals surface area contributed by atoms with E-state index in [1.807, 2.05) is 6.07 Å². The van der Waals surface area contributed by atoms with Gasteiger partial charge in [0.1, 0.15) is 6.33 Å². The second-order valence-corrected chi connectivity index (χ2v) is 4.45. The number of aromatic nitrogens is 2. The monoisotopic (exact) mass is 318 g/mol. The first-order chi connectivity index (χ1) is 10.7. The van der Waals surface area contributed by atoms with Crippen molar-refractivity contribution in [1.82, 2.24) is 15.3 Å². The van der Waals surface area contributed by atoms with E-state index in [0.29, 0.717) is 11.3 Å². The first-order valence-electron chi connectivity index (χ1n) is 6.26. The largest absolute Gasteiger partial charge is 0.479 e. The van der Waals surface area contributed by atoms with Gasteiger partial charge in [0, 0.05) is 5.56 Å². The maximum Gasteiger partial charge on any atom is 0.257 e. The van der Waals surface area contributed by atoms with Crippen LogP contribution in [0.5, 0.6) is 11.8 Å². The lowest BCUT2D eigenvalue weighted by atomic mass is 10.2. The van der Waals surface area contributed by atoms with Crippen LogP contribution in [0.2, 0.25) is 0 Å². The van der Waals surface area contributed by atoms with Crippen molar-refractivity contribution in [2.75, 3.05) is 19.5 Å². The van der Waals surface area contributed by atoms with Crippen LogP contribution in [-0.4, -0.2) is 35.2 Å². The molecule has 0 atom stereocenters. The highest BCUT2D eigenvalue weighted by molar-refractivity contribution is 7.80. The minimum atomic E-state index is -0.326. The molecule has 0 aliphatic heterocycles. The number of rotatable bonds is 4. The molecule has 1 aromatic heterocycles. The Kier molecular flexibility index (Phi) is 5.21. The second-order valence-electron chi connectivity index (χ2n) is 4.04. The van der Waals surface area contributed by atoms with Crippen LogP contribution >= 0.6 is 12.2 Å². The standard InChI is InChI=1S/C14H14N4O3S/c1-20-12-10(13(21-2)16-8-15-12)17-14(22)18-11(19)9-6-4-3-5-7-9/h3-8H,1-2H3,(H2,17,18,19,22). The Morgan fingerprint density at radius 2 is 1.68 bits per heavy atom. The molecule has 0 spiro atoms. The zero-order valence-corrected chi connectivity index (χ0v) is 12.8. The SMILES string of the molecule is COc1ncnc(OC)c1NC(=S)NC(=O)c1ccccc1. The minimum Gasteiger partial charge on any atom is -0.479 e. The molecule has 1 amide bonds. The summed E-state index contributed by atoms with van der Waals surface area (Å²) in [5.74, 6) is 0.180. The average Bonchev–Trinajstić information content (AvgIpc) is 2.55. The predicted molar refractivity (Wildman–Crippen MR) is 85.3 cm³/mol. The van der Waals surface area contributed by atoms with Crippen molar-refractivity contribution < 1.29 is 14.3 Å². The Balaban J connectivity index is 2.11. The summed E-state index contributed by atoms with van der Waals surface area (Å²) in [6.45, 7) is 0. The lowest BCUT2D eigenvalue weighted by molar-refractivity contribution is 0.0977. The molecule has 1 heterocycles. The third-order valence-electron chi connectivity index (χ3n) is 2.67. The fraction of sp³-hybridized carbons (Fsp3) is 0.143. The molecule has 0 aliphatic carbocycles. The van der Waals surface area contributed by atoms with Gasteiger partial charge in [0.15, 0.2) is 10.8 Å². The van der Waals surface area contributed by atoms with Crippen molar-refractivity contribution in [1.29, 1.82) is 0 Å². The Hall–Kier alpha value is -2.74. The highest BCUT2D eigenvalue weighted by Gasteiger charge is 2.15. The van der Waals surface area contributed by atoms with Gasteiger partial charge >= 0.3 is 0 Å². The van der Waals surface area contributed by atoms with Crippen molar-refractivity contribution in [3.63, 3.8) is 0 Å². The molecule has 1 aromatic carbocycles. The first kappa shape index (κ1) is 15.6. The molecule has 22 heavy (non-hydrogen) atoms. The number of hydrogen-bond donors (Lipinski definition) is 2. The molecule has 0 fully saturated rings. The van der Waals surface area contributed by atoms with Crippen molar-refractivity contribution in [3.8, 4) is 11.8 Å². The van der Waals surface area contributed by atoms with E-state index in [2.05, 4.69) is 20.6 Å². The molecule has 0 unspecified atom stereocenters. The fourth-order valence-corrected chi connectivity index (χ4v) is 1.88. The van der Waals surface area contributed by atoms with E-state index in [4.69, 9.17) is 21.7 Å². The molecule has 0 bridgehead atoms. The molecule has 0 aliphatic rings. The van der Waals surface area contributed by atoms with Gasteiger partial charge in [0.05, 0.1) is 14.2 Å². The quantitative estimate of drug-likeness (QED) is 0.829.